The van der Waals surface area contributed by atoms with Crippen molar-refractivity contribution in [1.29, 1.82) is 0 Å². The van der Waals surface area contributed by atoms with Crippen molar-refractivity contribution in [2.24, 2.45) is 0 Å². The molecule has 1 heterocycles. The summed E-state index contributed by atoms with van der Waals surface area (Å²) in [5.41, 5.74) is 0.470. The van der Waals surface area contributed by atoms with Gasteiger partial charge in [0.15, 0.2) is 5.82 Å². The first kappa shape index (κ1) is 17.0. The predicted octanol–water partition coefficient (Wildman–Crippen LogP) is 2.79. The smallest absolute Gasteiger partial charge is 0.412 e. The molecule has 0 saturated heterocycles. The number of nitrogens with zero attached hydrogens (tertiary/aromatic N) is 3. The second-order valence-corrected chi connectivity index (χ2v) is 5.23. The molecular formula is C13H13Cl2N5O3. The SMILES string of the molecule is CCOC(=O)Nc1cn(CC(=O)Nc2cc(Cl)cc(Cl)c2)nn1. The number of hydrogen-bond donors (Lipinski definition) is 2. The Kier molecular flexibility index (Phi) is 5.78. The second-order valence-electron chi connectivity index (χ2n) is 4.35. The van der Waals surface area contributed by atoms with Crippen molar-refractivity contribution in [3.63, 3.8) is 0 Å². The van der Waals surface area contributed by atoms with Crippen LogP contribution in [-0.2, 0) is 16.1 Å². The van der Waals surface area contributed by atoms with E-state index in [-0.39, 0.29) is 24.9 Å². The van der Waals surface area contributed by atoms with Crippen molar-refractivity contribution in [3.05, 3.63) is 34.4 Å². The van der Waals surface area contributed by atoms with Crippen LogP contribution in [0, 0.1) is 0 Å². The number of aromatic nitrogens is 3. The Morgan fingerprint density at radius 3 is 2.57 bits per heavy atom. The molecule has 23 heavy (non-hydrogen) atoms. The molecule has 0 spiro atoms. The molecular weight excluding hydrogens is 345 g/mol. The van der Waals surface area contributed by atoms with E-state index in [1.165, 1.54) is 10.9 Å². The molecule has 0 radical (unpaired) electrons. The summed E-state index contributed by atoms with van der Waals surface area (Å²) in [6.07, 6.45) is 0.763. The Morgan fingerprint density at radius 1 is 1.22 bits per heavy atom. The monoisotopic (exact) mass is 357 g/mol. The molecule has 2 rings (SSSR count). The van der Waals surface area contributed by atoms with Crippen LogP contribution in [-0.4, -0.2) is 33.6 Å². The molecule has 10 heteroatoms. The van der Waals surface area contributed by atoms with Gasteiger partial charge in [-0.15, -0.1) is 5.10 Å². The fourth-order valence-electron chi connectivity index (χ4n) is 1.68. The van der Waals surface area contributed by atoms with Crippen LogP contribution < -0.4 is 10.6 Å². The third-order valence-electron chi connectivity index (χ3n) is 2.50. The molecule has 8 nitrogen and oxygen atoms in total. The summed E-state index contributed by atoms with van der Waals surface area (Å²) < 4.78 is 5.97. The third kappa shape index (κ3) is 5.42. The number of ether oxygens (including phenoxy) is 1. The molecule has 0 saturated carbocycles. The van der Waals surface area contributed by atoms with Gasteiger partial charge in [-0.2, -0.15) is 0 Å². The summed E-state index contributed by atoms with van der Waals surface area (Å²) in [7, 11) is 0. The maximum atomic E-state index is 11.9. The van der Waals surface area contributed by atoms with Crippen LogP contribution >= 0.6 is 23.2 Å². The minimum absolute atomic E-state index is 0.0956. The summed E-state index contributed by atoms with van der Waals surface area (Å²) in [5, 5.41) is 13.3. The lowest BCUT2D eigenvalue weighted by atomic mass is 10.3. The van der Waals surface area contributed by atoms with E-state index in [1.807, 2.05) is 0 Å². The van der Waals surface area contributed by atoms with E-state index >= 15 is 0 Å². The summed E-state index contributed by atoms with van der Waals surface area (Å²) in [5.74, 6) is -0.169. The van der Waals surface area contributed by atoms with Crippen LogP contribution in [0.1, 0.15) is 6.92 Å². The van der Waals surface area contributed by atoms with Crippen molar-refractivity contribution < 1.29 is 14.3 Å². The normalized spacial score (nSPS) is 10.2. The minimum atomic E-state index is -0.641. The zero-order valence-electron chi connectivity index (χ0n) is 12.0. The fourth-order valence-corrected chi connectivity index (χ4v) is 2.20. The van der Waals surface area contributed by atoms with Gasteiger partial charge in [-0.25, -0.2) is 9.48 Å². The Bertz CT molecular complexity index is 699. The lowest BCUT2D eigenvalue weighted by Crippen LogP contribution is -2.19. The van der Waals surface area contributed by atoms with E-state index in [1.54, 1.807) is 25.1 Å². The molecule has 1 aromatic carbocycles. The Hall–Kier alpha value is -2.32. The van der Waals surface area contributed by atoms with E-state index in [2.05, 4.69) is 20.9 Å². The second kappa shape index (κ2) is 7.80. The van der Waals surface area contributed by atoms with Gasteiger partial charge in [0, 0.05) is 15.7 Å². The molecule has 122 valence electrons. The van der Waals surface area contributed by atoms with Crippen LogP contribution in [0.25, 0.3) is 0 Å². The molecule has 0 bridgehead atoms. The topological polar surface area (TPSA) is 98.1 Å². The van der Waals surface area contributed by atoms with Crippen LogP contribution in [0.15, 0.2) is 24.4 Å². The van der Waals surface area contributed by atoms with E-state index in [9.17, 15) is 9.59 Å². The first-order valence-electron chi connectivity index (χ1n) is 6.56. The maximum Gasteiger partial charge on any atom is 0.412 e. The highest BCUT2D eigenvalue weighted by atomic mass is 35.5. The summed E-state index contributed by atoms with van der Waals surface area (Å²) in [6.45, 7) is 1.83. The van der Waals surface area contributed by atoms with Crippen molar-refractivity contribution in [1.82, 2.24) is 15.0 Å². The number of carbonyl (C=O) groups is 2. The molecule has 0 unspecified atom stereocenters. The third-order valence-corrected chi connectivity index (χ3v) is 2.93. The first-order valence-corrected chi connectivity index (χ1v) is 7.31. The number of hydrogen-bond acceptors (Lipinski definition) is 5. The Labute approximate surface area is 141 Å². The molecule has 0 aliphatic rings. The molecule has 0 fully saturated rings. The molecule has 2 amide bonds. The van der Waals surface area contributed by atoms with Crippen LogP contribution in [0.5, 0.6) is 0 Å². The number of amides is 2. The van der Waals surface area contributed by atoms with Crippen LogP contribution in [0.4, 0.5) is 16.3 Å². The Morgan fingerprint density at radius 2 is 1.91 bits per heavy atom. The highest BCUT2D eigenvalue weighted by molar-refractivity contribution is 6.35. The average Bonchev–Trinajstić information content (AvgIpc) is 2.84. The molecule has 2 aromatic rings. The molecule has 0 aliphatic heterocycles. The standard InChI is InChI=1S/C13H13Cl2N5O3/c1-2-23-13(22)17-11-6-20(19-18-11)7-12(21)16-10-4-8(14)3-9(15)5-10/h3-6H,2,7H2,1H3,(H,16,21)(H,17,22). The van der Waals surface area contributed by atoms with Gasteiger partial charge in [-0.3, -0.25) is 10.1 Å². The van der Waals surface area contributed by atoms with Gasteiger partial charge in [-0.1, -0.05) is 28.4 Å². The summed E-state index contributed by atoms with van der Waals surface area (Å²) in [4.78, 5) is 23.2. The van der Waals surface area contributed by atoms with E-state index < -0.39 is 6.09 Å². The van der Waals surface area contributed by atoms with Crippen LogP contribution in [0.2, 0.25) is 10.0 Å². The zero-order valence-corrected chi connectivity index (χ0v) is 13.6. The van der Waals surface area contributed by atoms with Crippen molar-refractivity contribution >= 4 is 46.7 Å². The number of halogens is 2. The van der Waals surface area contributed by atoms with Crippen molar-refractivity contribution in [3.8, 4) is 0 Å². The number of benzene rings is 1. The van der Waals surface area contributed by atoms with Gasteiger partial charge in [0.05, 0.1) is 12.8 Å². The fraction of sp³-hybridized carbons (Fsp3) is 0.231. The summed E-state index contributed by atoms with van der Waals surface area (Å²) in [6, 6.07) is 4.70. The van der Waals surface area contributed by atoms with E-state index in [0.29, 0.717) is 15.7 Å². The van der Waals surface area contributed by atoms with Crippen molar-refractivity contribution in [2.45, 2.75) is 13.5 Å². The van der Waals surface area contributed by atoms with Gasteiger partial charge in [0.25, 0.3) is 0 Å². The number of carbonyl (C=O) groups excluding carboxylic acids is 2. The quantitative estimate of drug-likeness (QED) is 0.857. The van der Waals surface area contributed by atoms with Gasteiger partial charge in [-0.05, 0) is 25.1 Å². The molecule has 2 N–H and O–H groups in total. The number of anilines is 2. The largest absolute Gasteiger partial charge is 0.450 e. The minimum Gasteiger partial charge on any atom is -0.450 e. The summed E-state index contributed by atoms with van der Waals surface area (Å²) >= 11 is 11.7. The lowest BCUT2D eigenvalue weighted by Gasteiger charge is -2.06. The van der Waals surface area contributed by atoms with Gasteiger partial charge >= 0.3 is 6.09 Å². The number of nitrogens with one attached hydrogen (secondary N) is 2. The molecule has 1 aromatic heterocycles. The van der Waals surface area contributed by atoms with Gasteiger partial charge in [0.2, 0.25) is 5.91 Å². The average molecular weight is 358 g/mol. The van der Waals surface area contributed by atoms with E-state index in [0.717, 1.165) is 0 Å². The highest BCUT2D eigenvalue weighted by Crippen LogP contribution is 2.22. The molecule has 0 atom stereocenters. The first-order chi connectivity index (χ1) is 11.0. The zero-order chi connectivity index (χ0) is 16.8. The highest BCUT2D eigenvalue weighted by Gasteiger charge is 2.09. The van der Waals surface area contributed by atoms with Gasteiger partial charge < -0.3 is 10.1 Å². The maximum absolute atomic E-state index is 11.9. The molecule has 0 aliphatic carbocycles. The van der Waals surface area contributed by atoms with Gasteiger partial charge in [0.1, 0.15) is 6.54 Å². The number of rotatable bonds is 5. The van der Waals surface area contributed by atoms with Crippen molar-refractivity contribution in [2.75, 3.05) is 17.2 Å². The van der Waals surface area contributed by atoms with E-state index in [4.69, 9.17) is 27.9 Å². The Balaban J connectivity index is 1.93. The van der Waals surface area contributed by atoms with Crippen LogP contribution in [0.3, 0.4) is 0 Å². The predicted molar refractivity (Wildman–Crippen MR) is 85.8 cm³/mol. The lowest BCUT2D eigenvalue weighted by molar-refractivity contribution is -0.116.